The molecule has 2 N–H and O–H groups in total. The van der Waals surface area contributed by atoms with Crippen molar-refractivity contribution in [2.45, 2.75) is 13.0 Å². The van der Waals surface area contributed by atoms with Crippen LogP contribution in [0.25, 0.3) is 0 Å². The van der Waals surface area contributed by atoms with Crippen molar-refractivity contribution in [2.75, 3.05) is 6.54 Å². The normalized spacial score (nSPS) is 9.92. The third kappa shape index (κ3) is 5.28. The molecule has 0 spiro atoms. The van der Waals surface area contributed by atoms with Crippen molar-refractivity contribution in [3.05, 3.63) is 75.1 Å². The number of carbonyl (C=O) groups excluding carboxylic acids is 1. The molecule has 0 unspecified atom stereocenters. The van der Waals surface area contributed by atoms with Gasteiger partial charge in [0.2, 0.25) is 0 Å². The summed E-state index contributed by atoms with van der Waals surface area (Å²) in [7, 11) is 0. The molecule has 0 aromatic heterocycles. The summed E-state index contributed by atoms with van der Waals surface area (Å²) >= 11 is 0. The number of non-ortho nitro benzene ring substituents is 1. The third-order valence-electron chi connectivity index (χ3n) is 3.43. The van der Waals surface area contributed by atoms with E-state index in [-0.39, 0.29) is 24.3 Å². The average Bonchev–Trinajstić information content (AvgIpc) is 2.61. The molecule has 0 radical (unpaired) electrons. The topological polar surface area (TPSA) is 108 Å². The van der Waals surface area contributed by atoms with Crippen LogP contribution in [0.1, 0.15) is 16.7 Å². The van der Waals surface area contributed by atoms with Gasteiger partial charge in [0.1, 0.15) is 5.82 Å². The van der Waals surface area contributed by atoms with E-state index >= 15 is 0 Å². The number of nitrogens with one attached hydrogen (secondary N) is 2. The summed E-state index contributed by atoms with van der Waals surface area (Å²) in [4.78, 5) is 22.0. The SMILES string of the molecule is N#Cc1ccc(F)c(CNC(=O)NCCc2cccc([N+](=O)[O-])c2)c1. The van der Waals surface area contributed by atoms with E-state index in [0.717, 1.165) is 5.56 Å². The van der Waals surface area contributed by atoms with Gasteiger partial charge >= 0.3 is 6.03 Å². The van der Waals surface area contributed by atoms with Crippen molar-refractivity contribution in [1.29, 1.82) is 5.26 Å². The maximum Gasteiger partial charge on any atom is 0.315 e. The lowest BCUT2D eigenvalue weighted by Crippen LogP contribution is -2.36. The van der Waals surface area contributed by atoms with Gasteiger partial charge in [0.25, 0.3) is 5.69 Å². The van der Waals surface area contributed by atoms with E-state index < -0.39 is 16.8 Å². The van der Waals surface area contributed by atoms with Gasteiger partial charge in [-0.3, -0.25) is 10.1 Å². The minimum Gasteiger partial charge on any atom is -0.338 e. The summed E-state index contributed by atoms with van der Waals surface area (Å²) < 4.78 is 13.6. The molecule has 128 valence electrons. The lowest BCUT2D eigenvalue weighted by Gasteiger charge is -2.09. The highest BCUT2D eigenvalue weighted by atomic mass is 19.1. The summed E-state index contributed by atoms with van der Waals surface area (Å²) in [5.41, 5.74) is 1.24. The second kappa shape index (κ2) is 8.40. The van der Waals surface area contributed by atoms with Crippen molar-refractivity contribution in [3.8, 4) is 6.07 Å². The fourth-order valence-corrected chi connectivity index (χ4v) is 2.16. The van der Waals surface area contributed by atoms with Gasteiger partial charge in [-0.2, -0.15) is 5.26 Å². The zero-order valence-electron chi connectivity index (χ0n) is 13.2. The molecule has 2 aromatic rings. The van der Waals surface area contributed by atoms with Gasteiger partial charge in [-0.15, -0.1) is 0 Å². The van der Waals surface area contributed by atoms with Crippen LogP contribution >= 0.6 is 0 Å². The molecule has 8 heteroatoms. The van der Waals surface area contributed by atoms with Crippen molar-refractivity contribution in [2.24, 2.45) is 0 Å². The molecule has 25 heavy (non-hydrogen) atoms. The molecule has 0 atom stereocenters. The number of nitro groups is 1. The Morgan fingerprint density at radius 1 is 1.24 bits per heavy atom. The van der Waals surface area contributed by atoms with E-state index in [1.54, 1.807) is 12.1 Å². The first-order valence-electron chi connectivity index (χ1n) is 7.43. The molecule has 0 saturated heterocycles. The largest absolute Gasteiger partial charge is 0.338 e. The zero-order valence-corrected chi connectivity index (χ0v) is 13.2. The number of nitriles is 1. The molecule has 0 aliphatic carbocycles. The number of rotatable bonds is 6. The lowest BCUT2D eigenvalue weighted by atomic mass is 10.1. The maximum atomic E-state index is 13.6. The number of hydrogen-bond donors (Lipinski definition) is 2. The highest BCUT2D eigenvalue weighted by Gasteiger charge is 2.08. The van der Waals surface area contributed by atoms with Crippen LogP contribution in [0.15, 0.2) is 42.5 Å². The Labute approximate surface area is 143 Å². The first kappa shape index (κ1) is 17.9. The Kier molecular flexibility index (Phi) is 6.01. The second-order valence-corrected chi connectivity index (χ2v) is 5.20. The Morgan fingerprint density at radius 2 is 2.04 bits per heavy atom. The van der Waals surface area contributed by atoms with Crippen LogP contribution in [-0.4, -0.2) is 17.5 Å². The molecule has 2 amide bonds. The summed E-state index contributed by atoms with van der Waals surface area (Å²) in [6, 6.07) is 11.5. The van der Waals surface area contributed by atoms with E-state index in [9.17, 15) is 19.3 Å². The minimum absolute atomic E-state index is 0.00481. The van der Waals surface area contributed by atoms with E-state index in [2.05, 4.69) is 10.6 Å². The Bertz CT molecular complexity index is 833. The summed E-state index contributed by atoms with van der Waals surface area (Å²) in [6.07, 6.45) is 0.424. The van der Waals surface area contributed by atoms with Crippen molar-refractivity contribution >= 4 is 11.7 Å². The quantitative estimate of drug-likeness (QED) is 0.621. The van der Waals surface area contributed by atoms with Crippen molar-refractivity contribution in [3.63, 3.8) is 0 Å². The van der Waals surface area contributed by atoms with Gasteiger partial charge in [0.05, 0.1) is 16.6 Å². The molecule has 7 nitrogen and oxygen atoms in total. The number of amides is 2. The molecule has 0 aliphatic rings. The highest BCUT2D eigenvalue weighted by molar-refractivity contribution is 5.73. The number of benzene rings is 2. The number of halogens is 1. The predicted octanol–water partition coefficient (Wildman–Crippen LogP) is 2.65. The van der Waals surface area contributed by atoms with Gasteiger partial charge in [0.15, 0.2) is 0 Å². The molecule has 0 heterocycles. The van der Waals surface area contributed by atoms with Gasteiger partial charge in [0, 0.05) is 30.8 Å². The van der Waals surface area contributed by atoms with Crippen molar-refractivity contribution < 1.29 is 14.1 Å². The number of nitrogens with zero attached hydrogens (tertiary/aromatic N) is 2. The van der Waals surface area contributed by atoms with Crippen molar-refractivity contribution in [1.82, 2.24) is 10.6 Å². The second-order valence-electron chi connectivity index (χ2n) is 5.20. The van der Waals surface area contributed by atoms with Crippen LogP contribution < -0.4 is 10.6 Å². The summed E-state index contributed by atoms with van der Waals surface area (Å²) in [6.45, 7) is 0.220. The molecule has 2 aromatic carbocycles. The fraction of sp³-hybridized carbons (Fsp3) is 0.176. The predicted molar refractivity (Wildman–Crippen MR) is 88.2 cm³/mol. The third-order valence-corrected chi connectivity index (χ3v) is 3.43. The highest BCUT2D eigenvalue weighted by Crippen LogP contribution is 2.13. The minimum atomic E-state index is -0.504. The van der Waals surface area contributed by atoms with Gasteiger partial charge in [-0.05, 0) is 30.2 Å². The van der Waals surface area contributed by atoms with Crippen LogP contribution in [-0.2, 0) is 13.0 Å². The molecular weight excluding hydrogens is 327 g/mol. The van der Waals surface area contributed by atoms with Crippen LogP contribution in [0, 0.1) is 27.3 Å². The Balaban J connectivity index is 1.81. The first-order valence-corrected chi connectivity index (χ1v) is 7.43. The average molecular weight is 342 g/mol. The van der Waals surface area contributed by atoms with E-state index in [4.69, 9.17) is 5.26 Å². The maximum absolute atomic E-state index is 13.6. The van der Waals surface area contributed by atoms with Gasteiger partial charge in [-0.1, -0.05) is 12.1 Å². The van der Waals surface area contributed by atoms with Crippen LogP contribution in [0.2, 0.25) is 0 Å². The van der Waals surface area contributed by atoms with Gasteiger partial charge in [-0.25, -0.2) is 9.18 Å². The zero-order chi connectivity index (χ0) is 18.2. The number of nitro benzene ring substituents is 1. The van der Waals surface area contributed by atoms with E-state index in [0.29, 0.717) is 12.0 Å². The van der Waals surface area contributed by atoms with Crippen LogP contribution in [0.5, 0.6) is 0 Å². The molecular formula is C17H15FN4O3. The monoisotopic (exact) mass is 342 g/mol. The van der Waals surface area contributed by atoms with Crippen LogP contribution in [0.4, 0.5) is 14.9 Å². The molecule has 0 fully saturated rings. The smallest absolute Gasteiger partial charge is 0.315 e. The first-order chi connectivity index (χ1) is 12.0. The standard InChI is InChI=1S/C17H15FN4O3/c18-16-5-4-13(10-19)8-14(16)11-21-17(23)20-7-6-12-2-1-3-15(9-12)22(24)25/h1-5,8-9H,6-7,11H2,(H2,20,21,23). The lowest BCUT2D eigenvalue weighted by molar-refractivity contribution is -0.384. The fourth-order valence-electron chi connectivity index (χ4n) is 2.16. The molecule has 0 bridgehead atoms. The molecule has 0 saturated carbocycles. The number of carbonyl (C=O) groups is 1. The van der Waals surface area contributed by atoms with Gasteiger partial charge < -0.3 is 10.6 Å². The number of urea groups is 1. The van der Waals surface area contributed by atoms with E-state index in [1.165, 1.54) is 30.3 Å². The Morgan fingerprint density at radius 3 is 2.76 bits per heavy atom. The Hall–Kier alpha value is -3.47. The van der Waals surface area contributed by atoms with Crippen LogP contribution in [0.3, 0.4) is 0 Å². The summed E-state index contributed by atoms with van der Waals surface area (Å²) in [5, 5.41) is 24.6. The number of hydrogen-bond acceptors (Lipinski definition) is 4. The molecule has 0 aliphatic heterocycles. The summed E-state index contributed by atoms with van der Waals surface area (Å²) in [5.74, 6) is -0.504. The molecule has 2 rings (SSSR count). The van der Waals surface area contributed by atoms with E-state index in [1.807, 2.05) is 6.07 Å².